The van der Waals surface area contributed by atoms with Gasteiger partial charge in [-0.05, 0) is 42.1 Å². The van der Waals surface area contributed by atoms with Gasteiger partial charge in [0.2, 0.25) is 0 Å². The summed E-state index contributed by atoms with van der Waals surface area (Å²) < 4.78 is 0. The molecule has 3 heterocycles. The molecule has 2 aromatic carbocycles. The molecule has 2 aliphatic heterocycles. The highest BCUT2D eigenvalue weighted by Crippen LogP contribution is 2.39. The van der Waals surface area contributed by atoms with Crippen LogP contribution >= 0.6 is 11.3 Å². The SMILES string of the molecule is CCCCN1C(=O)c2ccc3c4c(ccc(c24)C1=O)C(=O)N(c1ccsc1)C3=O. The molecule has 5 rings (SSSR count). The first-order chi connectivity index (χ1) is 14.0. The molecule has 7 heteroatoms. The van der Waals surface area contributed by atoms with Gasteiger partial charge in [-0.3, -0.25) is 24.1 Å². The van der Waals surface area contributed by atoms with Gasteiger partial charge in [-0.1, -0.05) is 13.3 Å². The molecule has 0 spiro atoms. The lowest BCUT2D eigenvalue weighted by atomic mass is 9.86. The van der Waals surface area contributed by atoms with Gasteiger partial charge in [0.1, 0.15) is 0 Å². The number of hydrogen-bond donors (Lipinski definition) is 0. The van der Waals surface area contributed by atoms with Crippen LogP contribution in [-0.2, 0) is 0 Å². The summed E-state index contributed by atoms with van der Waals surface area (Å²) in [5, 5.41) is 4.35. The lowest BCUT2D eigenvalue weighted by Gasteiger charge is -2.31. The number of rotatable bonds is 4. The molecular formula is C22H16N2O4S. The zero-order valence-corrected chi connectivity index (χ0v) is 16.4. The van der Waals surface area contributed by atoms with E-state index >= 15 is 0 Å². The Labute approximate surface area is 170 Å². The van der Waals surface area contributed by atoms with Crippen molar-refractivity contribution in [3.8, 4) is 0 Å². The molecule has 0 N–H and O–H groups in total. The van der Waals surface area contributed by atoms with E-state index in [1.54, 1.807) is 41.1 Å². The number of nitrogens with zero attached hydrogens (tertiary/aromatic N) is 2. The Morgan fingerprint density at radius 3 is 1.72 bits per heavy atom. The van der Waals surface area contributed by atoms with E-state index in [0.717, 1.165) is 17.7 Å². The van der Waals surface area contributed by atoms with Crippen molar-refractivity contribution in [1.29, 1.82) is 0 Å². The van der Waals surface area contributed by atoms with E-state index < -0.39 is 11.8 Å². The molecule has 0 saturated heterocycles. The highest BCUT2D eigenvalue weighted by Gasteiger charge is 2.39. The third-order valence-electron chi connectivity index (χ3n) is 5.48. The van der Waals surface area contributed by atoms with Crippen molar-refractivity contribution in [3.63, 3.8) is 0 Å². The summed E-state index contributed by atoms with van der Waals surface area (Å²) in [5.74, 6) is -1.64. The van der Waals surface area contributed by atoms with Crippen LogP contribution in [0.2, 0.25) is 0 Å². The maximum atomic E-state index is 13.1. The molecule has 0 saturated carbocycles. The summed E-state index contributed by atoms with van der Waals surface area (Å²) in [6, 6.07) is 8.08. The second-order valence-electron chi connectivity index (χ2n) is 7.11. The van der Waals surface area contributed by atoms with Crippen molar-refractivity contribution in [2.75, 3.05) is 11.4 Å². The number of unbranched alkanes of at least 4 members (excludes halogenated alkanes) is 1. The van der Waals surface area contributed by atoms with Gasteiger partial charge in [-0.15, -0.1) is 0 Å². The van der Waals surface area contributed by atoms with E-state index in [4.69, 9.17) is 0 Å². The van der Waals surface area contributed by atoms with E-state index in [1.807, 2.05) is 6.92 Å². The summed E-state index contributed by atoms with van der Waals surface area (Å²) in [4.78, 5) is 54.7. The molecule has 0 fully saturated rings. The standard InChI is InChI=1S/C22H16N2O4S/c1-2-3-9-23-19(25)13-4-6-15-18-16(7-5-14(17(13)18)20(23)26)22(28)24(21(15)27)12-8-10-29-11-12/h4-8,10-11H,2-3,9H2,1H3. The van der Waals surface area contributed by atoms with E-state index in [0.29, 0.717) is 45.3 Å². The fraction of sp³-hybridized carbons (Fsp3) is 0.182. The minimum absolute atomic E-state index is 0.328. The van der Waals surface area contributed by atoms with Gasteiger partial charge in [0, 0.05) is 45.0 Å². The zero-order chi connectivity index (χ0) is 20.3. The molecule has 6 nitrogen and oxygen atoms in total. The summed E-state index contributed by atoms with van der Waals surface area (Å²) >= 11 is 1.40. The summed E-state index contributed by atoms with van der Waals surface area (Å²) in [7, 11) is 0. The zero-order valence-electron chi connectivity index (χ0n) is 15.6. The lowest BCUT2D eigenvalue weighted by Crippen LogP contribution is -2.43. The van der Waals surface area contributed by atoms with Crippen LogP contribution in [0.1, 0.15) is 61.2 Å². The van der Waals surface area contributed by atoms with Crippen molar-refractivity contribution >= 4 is 51.4 Å². The van der Waals surface area contributed by atoms with Gasteiger partial charge < -0.3 is 0 Å². The first kappa shape index (κ1) is 17.8. The Balaban J connectivity index is 1.75. The van der Waals surface area contributed by atoms with Gasteiger partial charge in [0.15, 0.2) is 0 Å². The Morgan fingerprint density at radius 2 is 1.28 bits per heavy atom. The molecule has 0 unspecified atom stereocenters. The predicted octanol–water partition coefficient (Wildman–Crippen LogP) is 4.10. The molecule has 1 aromatic heterocycles. The second-order valence-corrected chi connectivity index (χ2v) is 7.89. The van der Waals surface area contributed by atoms with E-state index in [2.05, 4.69) is 0 Å². The third kappa shape index (κ3) is 2.34. The Hall–Kier alpha value is -3.32. The second kappa shape index (κ2) is 6.35. The average Bonchev–Trinajstić information content (AvgIpc) is 3.25. The van der Waals surface area contributed by atoms with Crippen LogP contribution in [0.3, 0.4) is 0 Å². The minimum atomic E-state index is -0.446. The van der Waals surface area contributed by atoms with Crippen LogP contribution in [0, 0.1) is 0 Å². The van der Waals surface area contributed by atoms with E-state index in [-0.39, 0.29) is 11.8 Å². The predicted molar refractivity (Wildman–Crippen MR) is 110 cm³/mol. The molecule has 0 radical (unpaired) electrons. The summed E-state index contributed by atoms with van der Waals surface area (Å²) in [6.07, 6.45) is 1.58. The number of amides is 4. The maximum absolute atomic E-state index is 13.1. The number of anilines is 1. The van der Waals surface area contributed by atoms with Crippen molar-refractivity contribution in [3.05, 3.63) is 63.3 Å². The van der Waals surface area contributed by atoms with Gasteiger partial charge in [0.25, 0.3) is 23.6 Å². The molecular weight excluding hydrogens is 388 g/mol. The number of hydrogen-bond acceptors (Lipinski definition) is 5. The topological polar surface area (TPSA) is 74.8 Å². The smallest absolute Gasteiger partial charge is 0.266 e. The van der Waals surface area contributed by atoms with Crippen molar-refractivity contribution in [2.24, 2.45) is 0 Å². The Morgan fingerprint density at radius 1 is 0.759 bits per heavy atom. The number of carbonyl (C=O) groups is 4. The number of imide groups is 2. The average molecular weight is 404 g/mol. The summed E-state index contributed by atoms with van der Waals surface area (Å²) in [5.41, 5.74) is 1.90. The fourth-order valence-electron chi connectivity index (χ4n) is 4.06. The van der Waals surface area contributed by atoms with Crippen LogP contribution in [0.25, 0.3) is 10.8 Å². The van der Waals surface area contributed by atoms with Gasteiger partial charge >= 0.3 is 0 Å². The number of carbonyl (C=O) groups excluding carboxylic acids is 4. The highest BCUT2D eigenvalue weighted by molar-refractivity contribution is 7.08. The fourth-order valence-corrected chi connectivity index (χ4v) is 4.68. The van der Waals surface area contributed by atoms with Crippen molar-refractivity contribution < 1.29 is 19.2 Å². The largest absolute Gasteiger partial charge is 0.274 e. The van der Waals surface area contributed by atoms with E-state index in [1.165, 1.54) is 16.2 Å². The highest BCUT2D eigenvalue weighted by atomic mass is 32.1. The van der Waals surface area contributed by atoms with Gasteiger partial charge in [-0.2, -0.15) is 11.3 Å². The normalized spacial score (nSPS) is 15.6. The van der Waals surface area contributed by atoms with Crippen LogP contribution in [0.4, 0.5) is 5.69 Å². The molecule has 144 valence electrons. The molecule has 0 atom stereocenters. The van der Waals surface area contributed by atoms with Crippen LogP contribution in [-0.4, -0.2) is 35.1 Å². The molecule has 3 aromatic rings. The van der Waals surface area contributed by atoms with Crippen LogP contribution in [0.15, 0.2) is 41.1 Å². The number of benzene rings is 2. The Kier molecular flexibility index (Phi) is 3.89. The number of thiophene rings is 1. The van der Waals surface area contributed by atoms with Crippen LogP contribution < -0.4 is 4.90 Å². The maximum Gasteiger partial charge on any atom is 0.266 e. The van der Waals surface area contributed by atoms with E-state index in [9.17, 15) is 19.2 Å². The molecule has 0 aliphatic carbocycles. The van der Waals surface area contributed by atoms with Crippen LogP contribution in [0.5, 0.6) is 0 Å². The molecule has 29 heavy (non-hydrogen) atoms. The first-order valence-electron chi connectivity index (χ1n) is 9.41. The summed E-state index contributed by atoms with van der Waals surface area (Å²) in [6.45, 7) is 2.34. The molecule has 4 amide bonds. The van der Waals surface area contributed by atoms with Gasteiger partial charge in [0.05, 0.1) is 5.69 Å². The van der Waals surface area contributed by atoms with Crippen molar-refractivity contribution in [2.45, 2.75) is 19.8 Å². The minimum Gasteiger partial charge on any atom is -0.274 e. The quantitative estimate of drug-likeness (QED) is 0.614. The van der Waals surface area contributed by atoms with Crippen molar-refractivity contribution in [1.82, 2.24) is 4.90 Å². The third-order valence-corrected chi connectivity index (χ3v) is 6.15. The first-order valence-corrected chi connectivity index (χ1v) is 10.4. The Bertz CT molecular complexity index is 1160. The molecule has 2 aliphatic rings. The monoisotopic (exact) mass is 404 g/mol. The lowest BCUT2D eigenvalue weighted by molar-refractivity contribution is 0.0607. The molecule has 0 bridgehead atoms. The van der Waals surface area contributed by atoms with Gasteiger partial charge in [-0.25, -0.2) is 4.90 Å².